The standard InChI is InChI=1S/C19H17F2N3OS/c1-19(2)7-13(6-14-9-22-10-26-14)24-18(25-19)12-5-11-3-4-15(20)16(21)17(11)23-8-12/h3-5,8-10,13H,6-7H2,1-2H3. The average molecular weight is 373 g/mol. The molecule has 0 saturated carbocycles. The van der Waals surface area contributed by atoms with Gasteiger partial charge in [-0.3, -0.25) is 9.97 Å². The van der Waals surface area contributed by atoms with Crippen LogP contribution in [0.25, 0.3) is 10.9 Å². The summed E-state index contributed by atoms with van der Waals surface area (Å²) in [7, 11) is 0. The number of aromatic nitrogens is 2. The summed E-state index contributed by atoms with van der Waals surface area (Å²) in [4.78, 5) is 14.1. The maximum Gasteiger partial charge on any atom is 0.218 e. The Labute approximate surface area is 153 Å². The van der Waals surface area contributed by atoms with Gasteiger partial charge in [0.1, 0.15) is 11.1 Å². The highest BCUT2D eigenvalue weighted by Gasteiger charge is 2.32. The van der Waals surface area contributed by atoms with Gasteiger partial charge < -0.3 is 4.74 Å². The monoisotopic (exact) mass is 373 g/mol. The van der Waals surface area contributed by atoms with Crippen molar-refractivity contribution in [3.63, 3.8) is 0 Å². The number of halogens is 2. The van der Waals surface area contributed by atoms with E-state index in [0.29, 0.717) is 16.8 Å². The first kappa shape index (κ1) is 17.0. The summed E-state index contributed by atoms with van der Waals surface area (Å²) >= 11 is 1.61. The summed E-state index contributed by atoms with van der Waals surface area (Å²) < 4.78 is 33.3. The van der Waals surface area contributed by atoms with E-state index in [-0.39, 0.29) is 17.2 Å². The van der Waals surface area contributed by atoms with Crippen LogP contribution in [0.5, 0.6) is 0 Å². The topological polar surface area (TPSA) is 47.4 Å². The van der Waals surface area contributed by atoms with Gasteiger partial charge in [-0.05, 0) is 32.0 Å². The summed E-state index contributed by atoms with van der Waals surface area (Å²) in [5, 5.41) is 0.509. The van der Waals surface area contributed by atoms with Crippen LogP contribution in [-0.2, 0) is 11.2 Å². The van der Waals surface area contributed by atoms with E-state index in [1.807, 2.05) is 25.6 Å². The zero-order valence-corrected chi connectivity index (χ0v) is 15.2. The van der Waals surface area contributed by atoms with Gasteiger partial charge in [0.2, 0.25) is 5.90 Å². The predicted molar refractivity (Wildman–Crippen MR) is 97.6 cm³/mol. The molecular formula is C19H17F2N3OS. The first-order valence-corrected chi connectivity index (χ1v) is 9.17. The van der Waals surface area contributed by atoms with Crippen LogP contribution < -0.4 is 0 Å². The number of benzene rings is 1. The lowest BCUT2D eigenvalue weighted by Crippen LogP contribution is -2.38. The van der Waals surface area contributed by atoms with E-state index in [4.69, 9.17) is 9.73 Å². The van der Waals surface area contributed by atoms with E-state index in [2.05, 4.69) is 9.97 Å². The van der Waals surface area contributed by atoms with E-state index in [1.54, 1.807) is 17.4 Å². The average Bonchev–Trinajstić information content (AvgIpc) is 3.09. The second-order valence-electron chi connectivity index (χ2n) is 6.98. The van der Waals surface area contributed by atoms with E-state index in [9.17, 15) is 8.78 Å². The second kappa shape index (κ2) is 6.39. The molecule has 0 saturated heterocycles. The summed E-state index contributed by atoms with van der Waals surface area (Å²) in [6, 6.07) is 4.40. The SMILES string of the molecule is CC1(C)CC(Cc2cncs2)N=C(c2cnc3c(F)c(F)ccc3c2)O1. The van der Waals surface area contributed by atoms with Gasteiger partial charge in [0, 0.05) is 35.5 Å². The van der Waals surface area contributed by atoms with Gasteiger partial charge in [-0.1, -0.05) is 0 Å². The molecule has 0 N–H and O–H groups in total. The predicted octanol–water partition coefficient (Wildman–Crippen LogP) is 4.53. The number of ether oxygens (including phenoxy) is 1. The van der Waals surface area contributed by atoms with E-state index in [0.717, 1.165) is 18.9 Å². The maximum absolute atomic E-state index is 13.9. The molecule has 1 unspecified atom stereocenters. The summed E-state index contributed by atoms with van der Waals surface area (Å²) in [6.07, 6.45) is 4.92. The molecule has 0 aliphatic carbocycles. The van der Waals surface area contributed by atoms with E-state index in [1.165, 1.54) is 17.1 Å². The molecule has 0 radical (unpaired) electrons. The van der Waals surface area contributed by atoms with Gasteiger partial charge in [-0.25, -0.2) is 13.8 Å². The molecule has 1 aliphatic heterocycles. The molecule has 3 heterocycles. The number of hydrogen-bond donors (Lipinski definition) is 0. The fourth-order valence-electron chi connectivity index (χ4n) is 3.19. The van der Waals surface area contributed by atoms with Crippen LogP contribution in [-0.4, -0.2) is 27.5 Å². The van der Waals surface area contributed by atoms with E-state index < -0.39 is 11.6 Å². The molecule has 26 heavy (non-hydrogen) atoms. The van der Waals surface area contributed by atoms with Crippen LogP contribution in [0, 0.1) is 11.6 Å². The molecule has 0 bridgehead atoms. The Morgan fingerprint density at radius 1 is 1.27 bits per heavy atom. The van der Waals surface area contributed by atoms with Crippen molar-refractivity contribution >= 4 is 28.1 Å². The number of thiazole rings is 1. The molecule has 4 rings (SSSR count). The van der Waals surface area contributed by atoms with Crippen molar-refractivity contribution in [3.8, 4) is 0 Å². The highest BCUT2D eigenvalue weighted by molar-refractivity contribution is 7.09. The quantitative estimate of drug-likeness (QED) is 0.678. The molecule has 0 amide bonds. The van der Waals surface area contributed by atoms with Gasteiger partial charge in [-0.2, -0.15) is 0 Å². The fraction of sp³-hybridized carbons (Fsp3) is 0.316. The molecule has 7 heteroatoms. The Morgan fingerprint density at radius 3 is 2.88 bits per heavy atom. The van der Waals surface area contributed by atoms with Crippen LogP contribution in [0.15, 0.2) is 41.1 Å². The molecule has 1 atom stereocenters. The highest BCUT2D eigenvalue weighted by atomic mass is 32.1. The number of pyridine rings is 1. The highest BCUT2D eigenvalue weighted by Crippen LogP contribution is 2.29. The number of aliphatic imine (C=N–C) groups is 1. The van der Waals surface area contributed by atoms with Gasteiger partial charge in [-0.15, -0.1) is 11.3 Å². The molecule has 1 aliphatic rings. The zero-order chi connectivity index (χ0) is 18.3. The first-order valence-electron chi connectivity index (χ1n) is 8.30. The van der Waals surface area contributed by atoms with Gasteiger partial charge in [0.15, 0.2) is 11.6 Å². The summed E-state index contributed by atoms with van der Waals surface area (Å²) in [5.41, 5.74) is 2.09. The second-order valence-corrected chi connectivity index (χ2v) is 7.95. The van der Waals surface area contributed by atoms with Gasteiger partial charge >= 0.3 is 0 Å². The third kappa shape index (κ3) is 3.31. The van der Waals surface area contributed by atoms with Crippen molar-refractivity contribution in [2.45, 2.75) is 38.3 Å². The molecule has 4 nitrogen and oxygen atoms in total. The van der Waals surface area contributed by atoms with Crippen LogP contribution in [0.2, 0.25) is 0 Å². The summed E-state index contributed by atoms with van der Waals surface area (Å²) in [6.45, 7) is 4.04. The first-order chi connectivity index (χ1) is 12.4. The Balaban J connectivity index is 1.71. The smallest absolute Gasteiger partial charge is 0.218 e. The minimum Gasteiger partial charge on any atom is -0.471 e. The third-order valence-corrected chi connectivity index (χ3v) is 5.11. The molecular weight excluding hydrogens is 356 g/mol. The largest absolute Gasteiger partial charge is 0.471 e. The molecule has 3 aromatic rings. The Hall–Kier alpha value is -2.41. The van der Waals surface area contributed by atoms with Crippen LogP contribution in [0.3, 0.4) is 0 Å². The molecule has 2 aromatic heterocycles. The third-order valence-electron chi connectivity index (χ3n) is 4.31. The number of nitrogens with zero attached hydrogens (tertiary/aromatic N) is 3. The van der Waals surface area contributed by atoms with Crippen molar-refractivity contribution in [2.24, 2.45) is 4.99 Å². The van der Waals surface area contributed by atoms with Gasteiger partial charge in [0.25, 0.3) is 0 Å². The molecule has 1 aromatic carbocycles. The molecule has 134 valence electrons. The van der Waals surface area contributed by atoms with Crippen molar-refractivity contribution in [1.82, 2.24) is 9.97 Å². The van der Waals surface area contributed by atoms with Gasteiger partial charge in [0.05, 0.1) is 17.1 Å². The maximum atomic E-state index is 13.9. The molecule has 0 fully saturated rings. The summed E-state index contributed by atoms with van der Waals surface area (Å²) in [5.74, 6) is -1.37. The van der Waals surface area contributed by atoms with Crippen LogP contribution in [0.4, 0.5) is 8.78 Å². The number of hydrogen-bond acceptors (Lipinski definition) is 5. The lowest BCUT2D eigenvalue weighted by atomic mass is 9.95. The van der Waals surface area contributed by atoms with Crippen molar-refractivity contribution in [2.75, 3.05) is 0 Å². The Kier molecular flexibility index (Phi) is 4.19. The zero-order valence-electron chi connectivity index (χ0n) is 14.4. The minimum atomic E-state index is -0.941. The Bertz CT molecular complexity index is 986. The van der Waals surface area contributed by atoms with Crippen LogP contribution in [0.1, 0.15) is 30.7 Å². The number of rotatable bonds is 3. The van der Waals surface area contributed by atoms with Crippen molar-refractivity contribution in [1.29, 1.82) is 0 Å². The lowest BCUT2D eigenvalue weighted by molar-refractivity contribution is 0.0635. The van der Waals surface area contributed by atoms with Crippen molar-refractivity contribution in [3.05, 3.63) is 58.2 Å². The normalized spacial score (nSPS) is 19.2. The molecule has 0 spiro atoms. The van der Waals surface area contributed by atoms with Crippen LogP contribution >= 0.6 is 11.3 Å². The fourth-order valence-corrected chi connectivity index (χ4v) is 3.86. The number of fused-ring (bicyclic) bond motifs is 1. The Morgan fingerprint density at radius 2 is 2.12 bits per heavy atom. The van der Waals surface area contributed by atoms with E-state index >= 15 is 0 Å². The lowest BCUT2D eigenvalue weighted by Gasteiger charge is -2.34. The van der Waals surface area contributed by atoms with Crippen molar-refractivity contribution < 1.29 is 13.5 Å². The minimum absolute atomic E-state index is 0.00521.